The van der Waals surface area contributed by atoms with Crippen molar-refractivity contribution in [2.24, 2.45) is 0 Å². The molecule has 0 fully saturated rings. The predicted molar refractivity (Wildman–Crippen MR) is 87.7 cm³/mol. The molecule has 1 aromatic carbocycles. The topological polar surface area (TPSA) is 68.3 Å². The fourth-order valence-corrected chi connectivity index (χ4v) is 1.99. The van der Waals surface area contributed by atoms with Gasteiger partial charge in [0.1, 0.15) is 18.0 Å². The zero-order chi connectivity index (χ0) is 15.8. The molecule has 1 aromatic heterocycles. The standard InChI is InChI=1S/C16H22N4O2/c1-4-7-17-15-9-16(20-11-19-15)18-10-12-5-6-13(21-2)14(8-12)22-3/h5-6,8-9,11H,4,7,10H2,1-3H3,(H2,17,18,19,20). The summed E-state index contributed by atoms with van der Waals surface area (Å²) in [5, 5.41) is 6.52. The molecule has 1 heterocycles. The zero-order valence-corrected chi connectivity index (χ0v) is 13.2. The zero-order valence-electron chi connectivity index (χ0n) is 13.2. The molecule has 2 aromatic rings. The maximum absolute atomic E-state index is 5.30. The quantitative estimate of drug-likeness (QED) is 0.781. The Morgan fingerprint density at radius 1 is 0.955 bits per heavy atom. The van der Waals surface area contributed by atoms with Crippen LogP contribution in [0.25, 0.3) is 0 Å². The summed E-state index contributed by atoms with van der Waals surface area (Å²) in [5.41, 5.74) is 1.08. The van der Waals surface area contributed by atoms with Crippen LogP contribution in [-0.4, -0.2) is 30.7 Å². The number of benzene rings is 1. The third kappa shape index (κ3) is 4.25. The summed E-state index contributed by atoms with van der Waals surface area (Å²) in [6, 6.07) is 7.73. The van der Waals surface area contributed by atoms with Crippen LogP contribution in [0.4, 0.5) is 11.6 Å². The van der Waals surface area contributed by atoms with Crippen LogP contribution in [0.15, 0.2) is 30.6 Å². The lowest BCUT2D eigenvalue weighted by Gasteiger charge is -2.11. The lowest BCUT2D eigenvalue weighted by molar-refractivity contribution is 0.354. The van der Waals surface area contributed by atoms with Crippen molar-refractivity contribution in [2.75, 3.05) is 31.4 Å². The van der Waals surface area contributed by atoms with E-state index in [1.807, 2.05) is 24.3 Å². The minimum atomic E-state index is 0.643. The number of hydrogen-bond acceptors (Lipinski definition) is 6. The van der Waals surface area contributed by atoms with Crippen LogP contribution in [0.5, 0.6) is 11.5 Å². The number of methoxy groups -OCH3 is 2. The fraction of sp³-hybridized carbons (Fsp3) is 0.375. The van der Waals surface area contributed by atoms with Crippen molar-refractivity contribution in [1.29, 1.82) is 0 Å². The average Bonchev–Trinajstić information content (AvgIpc) is 2.58. The van der Waals surface area contributed by atoms with Gasteiger partial charge in [0, 0.05) is 19.2 Å². The van der Waals surface area contributed by atoms with Gasteiger partial charge in [-0.2, -0.15) is 0 Å². The van der Waals surface area contributed by atoms with Gasteiger partial charge in [-0.15, -0.1) is 0 Å². The van der Waals surface area contributed by atoms with Gasteiger partial charge in [-0.1, -0.05) is 13.0 Å². The fourth-order valence-electron chi connectivity index (χ4n) is 1.99. The summed E-state index contributed by atoms with van der Waals surface area (Å²) < 4.78 is 10.5. The molecule has 0 aliphatic carbocycles. The molecule has 0 spiro atoms. The van der Waals surface area contributed by atoms with Crippen LogP contribution in [0.3, 0.4) is 0 Å². The highest BCUT2D eigenvalue weighted by Gasteiger charge is 2.05. The van der Waals surface area contributed by atoms with Crippen molar-refractivity contribution in [1.82, 2.24) is 9.97 Å². The molecule has 0 unspecified atom stereocenters. The smallest absolute Gasteiger partial charge is 0.161 e. The Kier molecular flexibility index (Phi) is 5.82. The maximum atomic E-state index is 5.30. The highest BCUT2D eigenvalue weighted by Crippen LogP contribution is 2.27. The SMILES string of the molecule is CCCNc1cc(NCc2ccc(OC)c(OC)c2)ncn1. The molecule has 0 saturated heterocycles. The number of nitrogens with zero attached hydrogens (tertiary/aromatic N) is 2. The molecular weight excluding hydrogens is 280 g/mol. The van der Waals surface area contributed by atoms with Crippen LogP contribution in [0.2, 0.25) is 0 Å². The van der Waals surface area contributed by atoms with Crippen molar-refractivity contribution in [3.05, 3.63) is 36.2 Å². The molecule has 0 amide bonds. The van der Waals surface area contributed by atoms with E-state index in [9.17, 15) is 0 Å². The summed E-state index contributed by atoms with van der Waals surface area (Å²) in [7, 11) is 3.26. The molecule has 0 aliphatic rings. The predicted octanol–water partition coefficient (Wildman–Crippen LogP) is 2.93. The minimum absolute atomic E-state index is 0.643. The Hall–Kier alpha value is -2.50. The number of anilines is 2. The van der Waals surface area contributed by atoms with E-state index in [0.29, 0.717) is 6.54 Å². The highest BCUT2D eigenvalue weighted by atomic mass is 16.5. The van der Waals surface area contributed by atoms with Crippen molar-refractivity contribution in [2.45, 2.75) is 19.9 Å². The van der Waals surface area contributed by atoms with Crippen molar-refractivity contribution >= 4 is 11.6 Å². The molecule has 22 heavy (non-hydrogen) atoms. The monoisotopic (exact) mass is 302 g/mol. The Morgan fingerprint density at radius 3 is 2.36 bits per heavy atom. The van der Waals surface area contributed by atoms with E-state index in [0.717, 1.165) is 41.7 Å². The van der Waals surface area contributed by atoms with E-state index in [1.165, 1.54) is 0 Å². The second-order valence-corrected chi connectivity index (χ2v) is 4.76. The molecule has 6 nitrogen and oxygen atoms in total. The molecule has 0 radical (unpaired) electrons. The van der Waals surface area contributed by atoms with Gasteiger partial charge in [0.15, 0.2) is 11.5 Å². The summed E-state index contributed by atoms with van der Waals surface area (Å²) in [6.45, 7) is 3.65. The molecule has 2 rings (SSSR count). The number of aromatic nitrogens is 2. The van der Waals surface area contributed by atoms with Gasteiger partial charge in [0.2, 0.25) is 0 Å². The van der Waals surface area contributed by atoms with E-state index in [1.54, 1.807) is 20.5 Å². The third-order valence-electron chi connectivity index (χ3n) is 3.14. The van der Waals surface area contributed by atoms with E-state index >= 15 is 0 Å². The van der Waals surface area contributed by atoms with Gasteiger partial charge in [-0.25, -0.2) is 9.97 Å². The van der Waals surface area contributed by atoms with Crippen molar-refractivity contribution < 1.29 is 9.47 Å². The Balaban J connectivity index is 2.00. The molecule has 6 heteroatoms. The largest absolute Gasteiger partial charge is 0.493 e. The molecule has 0 aliphatic heterocycles. The number of hydrogen-bond donors (Lipinski definition) is 2. The maximum Gasteiger partial charge on any atom is 0.161 e. The van der Waals surface area contributed by atoms with Gasteiger partial charge in [-0.05, 0) is 24.1 Å². The first kappa shape index (κ1) is 15.9. The second kappa shape index (κ2) is 8.07. The minimum Gasteiger partial charge on any atom is -0.493 e. The molecule has 0 bridgehead atoms. The van der Waals surface area contributed by atoms with Crippen molar-refractivity contribution in [3.8, 4) is 11.5 Å². The third-order valence-corrected chi connectivity index (χ3v) is 3.14. The number of rotatable bonds is 8. The molecule has 0 saturated carbocycles. The van der Waals surface area contributed by atoms with Crippen LogP contribution in [-0.2, 0) is 6.54 Å². The van der Waals surface area contributed by atoms with Crippen molar-refractivity contribution in [3.63, 3.8) is 0 Å². The molecular formula is C16H22N4O2. The first-order chi connectivity index (χ1) is 10.8. The second-order valence-electron chi connectivity index (χ2n) is 4.76. The van der Waals surface area contributed by atoms with Gasteiger partial charge < -0.3 is 20.1 Å². The molecule has 118 valence electrons. The number of ether oxygens (including phenoxy) is 2. The summed E-state index contributed by atoms with van der Waals surface area (Å²) >= 11 is 0. The van der Waals surface area contributed by atoms with Crippen LogP contribution < -0.4 is 20.1 Å². The highest BCUT2D eigenvalue weighted by molar-refractivity contribution is 5.48. The van der Waals surface area contributed by atoms with Gasteiger partial charge in [0.05, 0.1) is 14.2 Å². The Labute approximate surface area is 130 Å². The lowest BCUT2D eigenvalue weighted by atomic mass is 10.2. The Bertz CT molecular complexity index is 604. The van der Waals surface area contributed by atoms with E-state index < -0.39 is 0 Å². The lowest BCUT2D eigenvalue weighted by Crippen LogP contribution is -2.05. The number of nitrogens with one attached hydrogen (secondary N) is 2. The van der Waals surface area contributed by atoms with E-state index in [4.69, 9.17) is 9.47 Å². The first-order valence-corrected chi connectivity index (χ1v) is 7.27. The van der Waals surface area contributed by atoms with Crippen LogP contribution in [0.1, 0.15) is 18.9 Å². The average molecular weight is 302 g/mol. The van der Waals surface area contributed by atoms with Gasteiger partial charge in [0.25, 0.3) is 0 Å². The Morgan fingerprint density at radius 2 is 1.68 bits per heavy atom. The summed E-state index contributed by atoms with van der Waals surface area (Å²) in [5.74, 6) is 3.05. The van der Waals surface area contributed by atoms with Gasteiger partial charge >= 0.3 is 0 Å². The summed E-state index contributed by atoms with van der Waals surface area (Å²) in [4.78, 5) is 8.40. The van der Waals surface area contributed by atoms with Gasteiger partial charge in [-0.3, -0.25) is 0 Å². The molecule has 2 N–H and O–H groups in total. The van der Waals surface area contributed by atoms with E-state index in [-0.39, 0.29) is 0 Å². The van der Waals surface area contributed by atoms with Crippen LogP contribution >= 0.6 is 0 Å². The molecule has 0 atom stereocenters. The van der Waals surface area contributed by atoms with Crippen LogP contribution in [0, 0.1) is 0 Å². The van der Waals surface area contributed by atoms with E-state index in [2.05, 4.69) is 27.5 Å². The normalized spacial score (nSPS) is 10.1. The summed E-state index contributed by atoms with van der Waals surface area (Å²) in [6.07, 6.45) is 2.60. The first-order valence-electron chi connectivity index (χ1n) is 7.27.